The van der Waals surface area contributed by atoms with E-state index in [1.54, 1.807) is 0 Å². The Hall–Kier alpha value is -1.76. The molecular formula is C18H22O. The number of benzene rings is 2. The van der Waals surface area contributed by atoms with Crippen LogP contribution in [-0.2, 0) is 19.3 Å². The molecule has 1 heteroatoms. The molecule has 0 aliphatic rings. The van der Waals surface area contributed by atoms with E-state index in [2.05, 4.69) is 51.1 Å². The van der Waals surface area contributed by atoms with Gasteiger partial charge in [-0.05, 0) is 59.2 Å². The van der Waals surface area contributed by atoms with Crippen molar-refractivity contribution in [1.29, 1.82) is 0 Å². The molecular weight excluding hydrogens is 232 g/mol. The van der Waals surface area contributed by atoms with Gasteiger partial charge in [-0.3, -0.25) is 0 Å². The van der Waals surface area contributed by atoms with Crippen molar-refractivity contribution in [3.63, 3.8) is 0 Å². The lowest BCUT2D eigenvalue weighted by Crippen LogP contribution is -1.93. The second-order valence-electron chi connectivity index (χ2n) is 4.90. The summed E-state index contributed by atoms with van der Waals surface area (Å²) in [6.45, 7) is 6.38. The Morgan fingerprint density at radius 2 is 1.58 bits per heavy atom. The predicted octanol–water partition coefficient (Wildman–Crippen LogP) is 4.75. The van der Waals surface area contributed by atoms with Crippen LogP contribution in [0.3, 0.4) is 0 Å². The molecule has 19 heavy (non-hydrogen) atoms. The molecule has 0 aliphatic heterocycles. The summed E-state index contributed by atoms with van der Waals surface area (Å²) in [7, 11) is 0. The van der Waals surface area contributed by atoms with E-state index >= 15 is 0 Å². The molecule has 0 unspecified atom stereocenters. The summed E-state index contributed by atoms with van der Waals surface area (Å²) in [6, 6.07) is 12.8. The first-order valence-electron chi connectivity index (χ1n) is 7.13. The van der Waals surface area contributed by atoms with Gasteiger partial charge in [0.05, 0.1) is 0 Å². The number of hydrogen-bond donors (Lipinski definition) is 1. The van der Waals surface area contributed by atoms with Gasteiger partial charge in [-0.1, -0.05) is 45.0 Å². The highest BCUT2D eigenvalue weighted by Gasteiger charge is 2.09. The van der Waals surface area contributed by atoms with E-state index in [0.717, 1.165) is 24.8 Å². The van der Waals surface area contributed by atoms with E-state index in [0.29, 0.717) is 5.75 Å². The molecule has 1 N–H and O–H groups in total. The van der Waals surface area contributed by atoms with Crippen molar-refractivity contribution >= 4 is 0 Å². The van der Waals surface area contributed by atoms with Crippen LogP contribution in [0.5, 0.6) is 5.75 Å². The van der Waals surface area contributed by atoms with E-state index in [1.807, 2.05) is 6.07 Å². The van der Waals surface area contributed by atoms with Crippen LogP contribution in [0.2, 0.25) is 0 Å². The van der Waals surface area contributed by atoms with E-state index in [9.17, 15) is 5.11 Å². The molecule has 0 aromatic heterocycles. The molecule has 0 fully saturated rings. The zero-order valence-electron chi connectivity index (χ0n) is 12.0. The average molecular weight is 254 g/mol. The zero-order chi connectivity index (χ0) is 13.8. The molecule has 2 aromatic carbocycles. The minimum Gasteiger partial charge on any atom is -0.508 e. The van der Waals surface area contributed by atoms with Crippen LogP contribution in [0.1, 0.15) is 37.5 Å². The number of aryl methyl sites for hydroxylation is 3. The molecule has 0 heterocycles. The zero-order valence-corrected chi connectivity index (χ0v) is 12.0. The van der Waals surface area contributed by atoms with Gasteiger partial charge in [-0.15, -0.1) is 0 Å². The Kier molecular flexibility index (Phi) is 4.26. The Morgan fingerprint density at radius 1 is 0.842 bits per heavy atom. The Balaban J connectivity index is 2.58. The fourth-order valence-electron chi connectivity index (χ4n) is 2.48. The Bertz CT molecular complexity index is 570. The summed E-state index contributed by atoms with van der Waals surface area (Å²) in [5, 5.41) is 9.99. The van der Waals surface area contributed by atoms with Crippen molar-refractivity contribution < 1.29 is 5.11 Å². The lowest BCUT2D eigenvalue weighted by atomic mass is 9.93. The molecule has 0 saturated heterocycles. The normalized spacial score (nSPS) is 10.7. The van der Waals surface area contributed by atoms with Gasteiger partial charge in [0.1, 0.15) is 5.75 Å². The van der Waals surface area contributed by atoms with E-state index in [4.69, 9.17) is 0 Å². The van der Waals surface area contributed by atoms with Crippen LogP contribution < -0.4 is 0 Å². The third kappa shape index (κ3) is 2.81. The quantitative estimate of drug-likeness (QED) is 0.835. The number of phenolic OH excluding ortho intramolecular Hbond substituents is 1. The van der Waals surface area contributed by atoms with Crippen LogP contribution >= 0.6 is 0 Å². The van der Waals surface area contributed by atoms with Gasteiger partial charge in [-0.2, -0.15) is 0 Å². The lowest BCUT2D eigenvalue weighted by molar-refractivity contribution is 0.468. The maximum atomic E-state index is 9.99. The first kappa shape index (κ1) is 13.7. The van der Waals surface area contributed by atoms with Crippen LogP contribution in [0.25, 0.3) is 11.1 Å². The highest BCUT2D eigenvalue weighted by Crippen LogP contribution is 2.31. The highest BCUT2D eigenvalue weighted by atomic mass is 16.3. The fraction of sp³-hybridized carbons (Fsp3) is 0.333. The van der Waals surface area contributed by atoms with Crippen molar-refractivity contribution in [1.82, 2.24) is 0 Å². The summed E-state index contributed by atoms with van der Waals surface area (Å²) in [5.41, 5.74) is 6.10. The van der Waals surface area contributed by atoms with E-state index in [-0.39, 0.29) is 0 Å². The minimum absolute atomic E-state index is 0.426. The second-order valence-corrected chi connectivity index (χ2v) is 4.90. The molecule has 0 radical (unpaired) electrons. The molecule has 2 aromatic rings. The van der Waals surface area contributed by atoms with Gasteiger partial charge in [0.15, 0.2) is 0 Å². The molecule has 0 aliphatic carbocycles. The smallest absolute Gasteiger partial charge is 0.119 e. The number of hydrogen-bond acceptors (Lipinski definition) is 1. The summed E-state index contributed by atoms with van der Waals surface area (Å²) < 4.78 is 0. The van der Waals surface area contributed by atoms with Crippen molar-refractivity contribution in [2.24, 2.45) is 0 Å². The SMILES string of the molecule is CCc1cccc(-c2cc(CC)c(O)cc2CC)c1. The van der Waals surface area contributed by atoms with Crippen molar-refractivity contribution in [2.75, 3.05) is 0 Å². The van der Waals surface area contributed by atoms with Crippen molar-refractivity contribution in [3.05, 3.63) is 53.1 Å². The van der Waals surface area contributed by atoms with Crippen molar-refractivity contribution in [2.45, 2.75) is 40.0 Å². The van der Waals surface area contributed by atoms with Gasteiger partial charge in [0, 0.05) is 0 Å². The van der Waals surface area contributed by atoms with Gasteiger partial charge >= 0.3 is 0 Å². The number of rotatable bonds is 4. The predicted molar refractivity (Wildman–Crippen MR) is 81.7 cm³/mol. The van der Waals surface area contributed by atoms with Gasteiger partial charge in [-0.25, -0.2) is 0 Å². The molecule has 0 amide bonds. The topological polar surface area (TPSA) is 20.2 Å². The first-order chi connectivity index (χ1) is 9.19. The average Bonchev–Trinajstić information content (AvgIpc) is 2.46. The Labute approximate surface area is 115 Å². The lowest BCUT2D eigenvalue weighted by Gasteiger charge is -2.13. The summed E-state index contributed by atoms with van der Waals surface area (Å²) in [6.07, 6.45) is 2.84. The van der Waals surface area contributed by atoms with Gasteiger partial charge in [0.2, 0.25) is 0 Å². The Morgan fingerprint density at radius 3 is 2.21 bits per heavy atom. The van der Waals surface area contributed by atoms with E-state index < -0.39 is 0 Å². The van der Waals surface area contributed by atoms with Crippen LogP contribution in [0.15, 0.2) is 36.4 Å². The largest absolute Gasteiger partial charge is 0.508 e. The fourth-order valence-corrected chi connectivity index (χ4v) is 2.48. The monoisotopic (exact) mass is 254 g/mol. The maximum Gasteiger partial charge on any atom is 0.119 e. The summed E-state index contributed by atoms with van der Waals surface area (Å²) in [4.78, 5) is 0. The van der Waals surface area contributed by atoms with E-state index in [1.165, 1.54) is 22.3 Å². The number of aromatic hydroxyl groups is 1. The molecule has 2 rings (SSSR count). The highest BCUT2D eigenvalue weighted by molar-refractivity contribution is 5.70. The minimum atomic E-state index is 0.426. The molecule has 0 saturated carbocycles. The summed E-state index contributed by atoms with van der Waals surface area (Å²) in [5.74, 6) is 0.426. The molecule has 0 atom stereocenters. The first-order valence-corrected chi connectivity index (χ1v) is 7.13. The summed E-state index contributed by atoms with van der Waals surface area (Å²) >= 11 is 0. The van der Waals surface area contributed by atoms with Crippen LogP contribution in [-0.4, -0.2) is 5.11 Å². The third-order valence-electron chi connectivity index (χ3n) is 3.71. The maximum absolute atomic E-state index is 9.99. The standard InChI is InChI=1S/C18H22O/c1-4-13-8-7-9-16(10-13)17-11-15(6-3)18(19)12-14(17)5-2/h7-12,19H,4-6H2,1-3H3. The van der Waals surface area contributed by atoms with Crippen molar-refractivity contribution in [3.8, 4) is 16.9 Å². The molecule has 0 spiro atoms. The molecule has 0 bridgehead atoms. The molecule has 100 valence electrons. The third-order valence-corrected chi connectivity index (χ3v) is 3.71. The van der Waals surface area contributed by atoms with Crippen LogP contribution in [0, 0.1) is 0 Å². The molecule has 1 nitrogen and oxygen atoms in total. The van der Waals surface area contributed by atoms with Crippen LogP contribution in [0.4, 0.5) is 0 Å². The van der Waals surface area contributed by atoms with Gasteiger partial charge in [0.25, 0.3) is 0 Å². The second kappa shape index (κ2) is 5.92. The van der Waals surface area contributed by atoms with Gasteiger partial charge < -0.3 is 5.11 Å². The number of phenols is 1.